The lowest BCUT2D eigenvalue weighted by Gasteiger charge is -1.90. The van der Waals surface area contributed by atoms with E-state index in [2.05, 4.69) is 5.32 Å². The van der Waals surface area contributed by atoms with E-state index >= 15 is 0 Å². The van der Waals surface area contributed by atoms with E-state index in [-0.39, 0.29) is 5.91 Å². The second-order valence-electron chi connectivity index (χ2n) is 2.12. The van der Waals surface area contributed by atoms with Crippen LogP contribution in [0, 0.1) is 0 Å². The summed E-state index contributed by atoms with van der Waals surface area (Å²) in [5.41, 5.74) is 0. The number of nitrogens with zero attached hydrogens (tertiary/aromatic N) is 1. The maximum atomic E-state index is 9.44. The molecule has 0 bridgehead atoms. The number of carbonyl (C=O) groups excluding carboxylic acids is 1. The van der Waals surface area contributed by atoms with Gasteiger partial charge in [0.25, 0.3) is 0 Å². The molecular formula is C5H12N2O. The monoisotopic (exact) mass is 116 g/mol. The average Bonchev–Trinajstić information content (AvgIpc) is 2.19. The first kappa shape index (κ1) is 7.43. The van der Waals surface area contributed by atoms with Crippen molar-refractivity contribution in [3.05, 3.63) is 0 Å². The molecule has 0 aromatic rings. The first-order valence-corrected chi connectivity index (χ1v) is 2.50. The number of amides is 1. The van der Waals surface area contributed by atoms with Crippen LogP contribution in [0.2, 0.25) is 0 Å². The van der Waals surface area contributed by atoms with Crippen LogP contribution in [0.3, 0.4) is 0 Å². The molecule has 1 saturated heterocycles. The van der Waals surface area contributed by atoms with Gasteiger partial charge in [-0.1, -0.05) is 0 Å². The molecular weight excluding hydrogens is 104 g/mol. The predicted molar refractivity (Wildman–Crippen MR) is 32.6 cm³/mol. The predicted octanol–water partition coefficient (Wildman–Crippen LogP) is -0.706. The summed E-state index contributed by atoms with van der Waals surface area (Å²) in [6.07, 6.45) is 0. The van der Waals surface area contributed by atoms with Crippen molar-refractivity contribution < 1.29 is 4.79 Å². The summed E-state index contributed by atoms with van der Waals surface area (Å²) in [6, 6.07) is 0. The largest absolute Gasteiger partial charge is 0.346 e. The molecule has 3 heteroatoms. The molecule has 0 aromatic carbocycles. The summed E-state index contributed by atoms with van der Waals surface area (Å²) < 4.78 is 0. The highest BCUT2D eigenvalue weighted by Gasteiger charge is 2.10. The van der Waals surface area contributed by atoms with E-state index in [1.807, 2.05) is 26.0 Å². The summed E-state index contributed by atoms with van der Waals surface area (Å²) >= 11 is 0. The zero-order chi connectivity index (χ0) is 6.57. The Morgan fingerprint density at radius 2 is 1.62 bits per heavy atom. The molecule has 1 aliphatic rings. The molecule has 0 aromatic heterocycles. The Bertz CT molecular complexity index is 71.7. The Kier molecular flexibility index (Phi) is 3.19. The minimum Gasteiger partial charge on any atom is -0.346 e. The maximum Gasteiger partial charge on any atom is 0.239 e. The Hall–Kier alpha value is -0.570. The molecule has 0 radical (unpaired) electrons. The number of rotatable bonds is 0. The van der Waals surface area contributed by atoms with Crippen molar-refractivity contribution in [2.45, 2.75) is 0 Å². The molecule has 3 nitrogen and oxygen atoms in total. The molecule has 1 fully saturated rings. The third-order valence-corrected chi connectivity index (χ3v) is 0.321. The first-order valence-electron chi connectivity index (χ1n) is 2.50. The van der Waals surface area contributed by atoms with E-state index in [1.54, 1.807) is 0 Å². The molecule has 0 aliphatic carbocycles. The molecule has 1 heterocycles. The third-order valence-electron chi connectivity index (χ3n) is 0.321. The van der Waals surface area contributed by atoms with Gasteiger partial charge in [0.2, 0.25) is 5.91 Å². The van der Waals surface area contributed by atoms with E-state index in [1.165, 1.54) is 0 Å². The van der Waals surface area contributed by atoms with E-state index in [0.29, 0.717) is 6.54 Å². The van der Waals surface area contributed by atoms with Gasteiger partial charge >= 0.3 is 0 Å². The van der Waals surface area contributed by atoms with Gasteiger partial charge in [-0.25, -0.2) is 0 Å². The molecule has 1 N–H and O–H groups in total. The highest BCUT2D eigenvalue weighted by Crippen LogP contribution is 1.72. The fourth-order valence-electron chi connectivity index (χ4n) is 0.0361. The number of hydrogen-bond donors (Lipinski definition) is 1. The second-order valence-corrected chi connectivity index (χ2v) is 2.12. The summed E-state index contributed by atoms with van der Waals surface area (Å²) in [5, 5.41) is 2.46. The summed E-state index contributed by atoms with van der Waals surface area (Å²) in [4.78, 5) is 11.4. The van der Waals surface area contributed by atoms with Crippen LogP contribution in [0.1, 0.15) is 0 Å². The van der Waals surface area contributed by atoms with Crippen molar-refractivity contribution in [1.29, 1.82) is 0 Å². The summed E-state index contributed by atoms with van der Waals surface area (Å²) in [7, 11) is 6.00. The van der Waals surface area contributed by atoms with Crippen molar-refractivity contribution in [1.82, 2.24) is 10.2 Å². The summed E-state index contributed by atoms with van der Waals surface area (Å²) in [6.45, 7) is 0.597. The fraction of sp³-hybridized carbons (Fsp3) is 0.800. The van der Waals surface area contributed by atoms with Crippen LogP contribution < -0.4 is 5.32 Å². The van der Waals surface area contributed by atoms with Crippen LogP contribution in [-0.2, 0) is 4.79 Å². The topological polar surface area (TPSA) is 42.2 Å². The summed E-state index contributed by atoms with van der Waals surface area (Å²) in [5.74, 6) is 0.167. The molecule has 0 unspecified atom stereocenters. The standard InChI is InChI=1S/C3H9N.C2H3NO/c1-4(2)3;4-2-1-3-2/h1-3H3;1H2,(H,3,4). The molecule has 0 saturated carbocycles. The molecule has 0 atom stereocenters. The normalized spacial score (nSPS) is 14.2. The highest BCUT2D eigenvalue weighted by atomic mass is 16.2. The minimum atomic E-state index is 0.167. The van der Waals surface area contributed by atoms with Crippen LogP contribution >= 0.6 is 0 Å². The Morgan fingerprint density at radius 3 is 1.62 bits per heavy atom. The van der Waals surface area contributed by atoms with Crippen molar-refractivity contribution in [3.8, 4) is 0 Å². The van der Waals surface area contributed by atoms with E-state index < -0.39 is 0 Å². The van der Waals surface area contributed by atoms with Gasteiger partial charge in [0.05, 0.1) is 6.54 Å². The second kappa shape index (κ2) is 3.43. The quantitative estimate of drug-likeness (QED) is 0.425. The van der Waals surface area contributed by atoms with Crippen LogP contribution in [0.5, 0.6) is 0 Å². The SMILES string of the molecule is CN(C)C.O=C1CN1. The van der Waals surface area contributed by atoms with Gasteiger partial charge < -0.3 is 10.2 Å². The van der Waals surface area contributed by atoms with E-state index in [0.717, 1.165) is 0 Å². The van der Waals surface area contributed by atoms with Gasteiger partial charge in [0.15, 0.2) is 0 Å². The van der Waals surface area contributed by atoms with Gasteiger partial charge in [0, 0.05) is 0 Å². The van der Waals surface area contributed by atoms with E-state index in [9.17, 15) is 4.79 Å². The van der Waals surface area contributed by atoms with Crippen LogP contribution in [-0.4, -0.2) is 38.5 Å². The lowest BCUT2D eigenvalue weighted by Crippen LogP contribution is -1.99. The number of hydrogen-bond acceptors (Lipinski definition) is 2. The van der Waals surface area contributed by atoms with Crippen molar-refractivity contribution in [2.24, 2.45) is 0 Å². The van der Waals surface area contributed by atoms with Crippen molar-refractivity contribution in [3.63, 3.8) is 0 Å². The lowest BCUT2D eigenvalue weighted by atomic mass is 11.0. The molecule has 1 rings (SSSR count). The zero-order valence-electron chi connectivity index (χ0n) is 5.56. The van der Waals surface area contributed by atoms with Gasteiger partial charge in [0.1, 0.15) is 0 Å². The molecule has 1 amide bonds. The van der Waals surface area contributed by atoms with Gasteiger partial charge in [-0.05, 0) is 21.1 Å². The minimum absolute atomic E-state index is 0.167. The molecule has 1 aliphatic heterocycles. The number of carbonyl (C=O) groups is 1. The van der Waals surface area contributed by atoms with Crippen molar-refractivity contribution >= 4 is 5.91 Å². The molecule has 48 valence electrons. The van der Waals surface area contributed by atoms with E-state index in [4.69, 9.17) is 0 Å². The average molecular weight is 116 g/mol. The van der Waals surface area contributed by atoms with Crippen molar-refractivity contribution in [2.75, 3.05) is 27.7 Å². The number of nitrogens with one attached hydrogen (secondary N) is 1. The van der Waals surface area contributed by atoms with Crippen LogP contribution in [0.4, 0.5) is 0 Å². The highest BCUT2D eigenvalue weighted by molar-refractivity contribution is 5.91. The Labute approximate surface area is 49.7 Å². The third kappa shape index (κ3) is 18.0. The van der Waals surface area contributed by atoms with Gasteiger partial charge in [-0.15, -0.1) is 0 Å². The fourth-order valence-corrected chi connectivity index (χ4v) is 0.0361. The Balaban J connectivity index is 0.000000122. The first-order chi connectivity index (χ1) is 3.63. The van der Waals surface area contributed by atoms with Crippen LogP contribution in [0.25, 0.3) is 0 Å². The molecule has 8 heavy (non-hydrogen) atoms. The smallest absolute Gasteiger partial charge is 0.239 e. The Morgan fingerprint density at radius 1 is 1.50 bits per heavy atom. The van der Waals surface area contributed by atoms with Gasteiger partial charge in [-0.2, -0.15) is 0 Å². The van der Waals surface area contributed by atoms with Gasteiger partial charge in [-0.3, -0.25) is 4.79 Å². The van der Waals surface area contributed by atoms with Crippen LogP contribution in [0.15, 0.2) is 0 Å². The maximum absolute atomic E-state index is 9.44. The zero-order valence-corrected chi connectivity index (χ0v) is 5.56. The lowest BCUT2D eigenvalue weighted by molar-refractivity contribution is -0.110. The molecule has 0 spiro atoms.